The molecule has 0 saturated heterocycles. The van der Waals surface area contributed by atoms with Gasteiger partial charge in [0.15, 0.2) is 17.3 Å². The Labute approximate surface area is 123 Å². The number of nitrogen functional groups attached to an aromatic ring is 1. The Balaban J connectivity index is 2.13. The Morgan fingerprint density at radius 2 is 1.71 bits per heavy atom. The van der Waals surface area contributed by atoms with Gasteiger partial charge in [0.1, 0.15) is 6.61 Å². The van der Waals surface area contributed by atoms with Crippen LogP contribution in [0.1, 0.15) is 12.7 Å². The smallest absolute Gasteiger partial charge is 0.230 e. The number of benzene rings is 1. The maximum absolute atomic E-state index is 5.71. The van der Waals surface area contributed by atoms with E-state index in [2.05, 4.69) is 15.0 Å². The maximum Gasteiger partial charge on any atom is 0.230 e. The number of nitrogens with two attached hydrogens (primary N) is 1. The molecule has 0 aliphatic rings. The average Bonchev–Trinajstić information content (AvgIpc) is 2.46. The number of para-hydroxylation sites is 2. The van der Waals surface area contributed by atoms with Gasteiger partial charge < -0.3 is 20.1 Å². The summed E-state index contributed by atoms with van der Waals surface area (Å²) in [5.41, 5.74) is 5.67. The largest absolute Gasteiger partial charge is 0.490 e. The topological polar surface area (TPSA) is 86.4 Å². The summed E-state index contributed by atoms with van der Waals surface area (Å²) in [5.74, 6) is 2.47. The second-order valence-electron chi connectivity index (χ2n) is 4.47. The highest BCUT2D eigenvalue weighted by molar-refractivity contribution is 5.39. The van der Waals surface area contributed by atoms with Crippen LogP contribution in [-0.4, -0.2) is 35.7 Å². The molecule has 1 aromatic carbocycles. The summed E-state index contributed by atoms with van der Waals surface area (Å²) in [7, 11) is 3.67. The molecule has 0 saturated carbocycles. The van der Waals surface area contributed by atoms with Gasteiger partial charge in [0, 0.05) is 14.1 Å². The summed E-state index contributed by atoms with van der Waals surface area (Å²) in [6.07, 6.45) is 0. The molecular weight excluding hydrogens is 270 g/mol. The van der Waals surface area contributed by atoms with Gasteiger partial charge in [-0.3, -0.25) is 0 Å². The maximum atomic E-state index is 5.71. The summed E-state index contributed by atoms with van der Waals surface area (Å²) >= 11 is 0. The molecule has 0 atom stereocenters. The van der Waals surface area contributed by atoms with E-state index in [-0.39, 0.29) is 12.6 Å². The molecule has 0 unspecified atom stereocenters. The lowest BCUT2D eigenvalue weighted by Crippen LogP contribution is -2.17. The summed E-state index contributed by atoms with van der Waals surface area (Å²) in [6, 6.07) is 7.46. The molecule has 1 heterocycles. The van der Waals surface area contributed by atoms with E-state index in [1.807, 2.05) is 45.3 Å². The van der Waals surface area contributed by atoms with E-state index >= 15 is 0 Å². The first-order valence-corrected chi connectivity index (χ1v) is 6.62. The molecule has 0 aliphatic heterocycles. The van der Waals surface area contributed by atoms with Crippen molar-refractivity contribution in [3.63, 3.8) is 0 Å². The van der Waals surface area contributed by atoms with Crippen LogP contribution in [0.15, 0.2) is 24.3 Å². The fourth-order valence-corrected chi connectivity index (χ4v) is 1.68. The van der Waals surface area contributed by atoms with Gasteiger partial charge in [-0.15, -0.1) is 0 Å². The van der Waals surface area contributed by atoms with Crippen LogP contribution in [0.2, 0.25) is 0 Å². The Morgan fingerprint density at radius 3 is 2.33 bits per heavy atom. The summed E-state index contributed by atoms with van der Waals surface area (Å²) in [5, 5.41) is 0. The normalized spacial score (nSPS) is 10.2. The minimum Gasteiger partial charge on any atom is -0.490 e. The molecule has 2 N–H and O–H groups in total. The standard InChI is InChI=1S/C14H19N5O2/c1-4-20-10-7-5-6-8-11(10)21-9-12-16-13(15)18-14(17-12)19(2)3/h5-8H,4,9H2,1-3H3,(H2,15,16,17,18). The predicted octanol–water partition coefficient (Wildman–Crippen LogP) is 1.50. The zero-order valence-electron chi connectivity index (χ0n) is 12.4. The van der Waals surface area contributed by atoms with Gasteiger partial charge in [-0.25, -0.2) is 0 Å². The molecule has 0 bridgehead atoms. The van der Waals surface area contributed by atoms with Gasteiger partial charge in [0.25, 0.3) is 0 Å². The molecule has 0 spiro atoms. The van der Waals surface area contributed by atoms with Crippen molar-refractivity contribution in [2.75, 3.05) is 31.3 Å². The summed E-state index contributed by atoms with van der Waals surface area (Å²) in [4.78, 5) is 14.1. The lowest BCUT2D eigenvalue weighted by atomic mass is 10.3. The highest BCUT2D eigenvalue weighted by Gasteiger charge is 2.09. The molecule has 0 radical (unpaired) electrons. The first-order chi connectivity index (χ1) is 10.1. The summed E-state index contributed by atoms with van der Waals surface area (Å²) < 4.78 is 11.2. The second-order valence-corrected chi connectivity index (χ2v) is 4.47. The third-order valence-electron chi connectivity index (χ3n) is 2.59. The Morgan fingerprint density at radius 1 is 1.05 bits per heavy atom. The van der Waals surface area contributed by atoms with Crippen molar-refractivity contribution in [2.24, 2.45) is 0 Å². The first-order valence-electron chi connectivity index (χ1n) is 6.62. The third kappa shape index (κ3) is 3.95. The number of aromatic nitrogens is 3. The van der Waals surface area contributed by atoms with Crippen molar-refractivity contribution in [1.82, 2.24) is 15.0 Å². The Hall–Kier alpha value is -2.57. The zero-order chi connectivity index (χ0) is 15.2. The molecule has 1 aromatic heterocycles. The average molecular weight is 289 g/mol. The van der Waals surface area contributed by atoms with E-state index in [0.29, 0.717) is 29.9 Å². The van der Waals surface area contributed by atoms with Crippen LogP contribution >= 0.6 is 0 Å². The first kappa shape index (κ1) is 14.8. The number of ether oxygens (including phenoxy) is 2. The molecule has 7 nitrogen and oxygen atoms in total. The van der Waals surface area contributed by atoms with Gasteiger partial charge >= 0.3 is 0 Å². The van der Waals surface area contributed by atoms with Crippen LogP contribution in [0.25, 0.3) is 0 Å². The molecule has 0 aliphatic carbocycles. The third-order valence-corrected chi connectivity index (χ3v) is 2.59. The molecule has 21 heavy (non-hydrogen) atoms. The quantitative estimate of drug-likeness (QED) is 0.862. The van der Waals surface area contributed by atoms with Crippen molar-refractivity contribution in [1.29, 1.82) is 0 Å². The lowest BCUT2D eigenvalue weighted by Gasteiger charge is -2.13. The monoisotopic (exact) mass is 289 g/mol. The fourth-order valence-electron chi connectivity index (χ4n) is 1.68. The molecule has 0 fully saturated rings. The van der Waals surface area contributed by atoms with E-state index < -0.39 is 0 Å². The number of hydrogen-bond donors (Lipinski definition) is 1. The molecular formula is C14H19N5O2. The van der Waals surface area contributed by atoms with Gasteiger partial charge in [0.2, 0.25) is 11.9 Å². The van der Waals surface area contributed by atoms with E-state index in [1.54, 1.807) is 4.90 Å². The van der Waals surface area contributed by atoms with Crippen LogP contribution < -0.4 is 20.1 Å². The molecule has 2 rings (SSSR count). The van der Waals surface area contributed by atoms with Crippen LogP contribution in [0, 0.1) is 0 Å². The highest BCUT2D eigenvalue weighted by Crippen LogP contribution is 2.26. The Bertz CT molecular complexity index is 604. The van der Waals surface area contributed by atoms with Crippen LogP contribution in [0.5, 0.6) is 11.5 Å². The van der Waals surface area contributed by atoms with E-state index in [1.165, 1.54) is 0 Å². The number of hydrogen-bond acceptors (Lipinski definition) is 7. The minimum atomic E-state index is 0.172. The second kappa shape index (κ2) is 6.74. The van der Waals surface area contributed by atoms with Gasteiger partial charge in [-0.1, -0.05) is 12.1 Å². The molecule has 2 aromatic rings. The van der Waals surface area contributed by atoms with Crippen molar-refractivity contribution in [3.05, 3.63) is 30.1 Å². The van der Waals surface area contributed by atoms with Crippen molar-refractivity contribution in [2.45, 2.75) is 13.5 Å². The van der Waals surface area contributed by atoms with Gasteiger partial charge in [-0.2, -0.15) is 15.0 Å². The molecule has 112 valence electrons. The van der Waals surface area contributed by atoms with Crippen LogP contribution in [0.4, 0.5) is 11.9 Å². The van der Waals surface area contributed by atoms with E-state index in [9.17, 15) is 0 Å². The van der Waals surface area contributed by atoms with Crippen LogP contribution in [0.3, 0.4) is 0 Å². The van der Waals surface area contributed by atoms with E-state index in [4.69, 9.17) is 15.2 Å². The highest BCUT2D eigenvalue weighted by atomic mass is 16.5. The van der Waals surface area contributed by atoms with Crippen LogP contribution in [-0.2, 0) is 6.61 Å². The number of nitrogens with zero attached hydrogens (tertiary/aromatic N) is 4. The van der Waals surface area contributed by atoms with Crippen molar-refractivity contribution >= 4 is 11.9 Å². The van der Waals surface area contributed by atoms with Gasteiger partial charge in [-0.05, 0) is 19.1 Å². The lowest BCUT2D eigenvalue weighted by molar-refractivity contribution is 0.263. The van der Waals surface area contributed by atoms with E-state index in [0.717, 1.165) is 0 Å². The summed E-state index contributed by atoms with van der Waals surface area (Å²) in [6.45, 7) is 2.69. The molecule has 0 amide bonds. The number of anilines is 2. The van der Waals surface area contributed by atoms with Crippen molar-refractivity contribution in [3.8, 4) is 11.5 Å². The SMILES string of the molecule is CCOc1ccccc1OCc1nc(N)nc(N(C)C)n1. The zero-order valence-corrected chi connectivity index (χ0v) is 12.4. The predicted molar refractivity (Wildman–Crippen MR) is 80.5 cm³/mol. The minimum absolute atomic E-state index is 0.172. The van der Waals surface area contributed by atoms with Crippen molar-refractivity contribution < 1.29 is 9.47 Å². The number of rotatable bonds is 6. The van der Waals surface area contributed by atoms with Gasteiger partial charge in [0.05, 0.1) is 6.61 Å². The Kier molecular flexibility index (Phi) is 4.76. The molecule has 7 heteroatoms. The fraction of sp³-hybridized carbons (Fsp3) is 0.357.